The number of benzene rings is 2. The Bertz CT molecular complexity index is 1200. The fraction of sp³-hybridized carbons (Fsp3) is 0.308. The van der Waals surface area contributed by atoms with Crippen LogP contribution in [-0.4, -0.2) is 30.2 Å². The van der Waals surface area contributed by atoms with Crippen LogP contribution < -0.4 is 4.90 Å². The zero-order chi connectivity index (χ0) is 22.9. The first-order chi connectivity index (χ1) is 15.9. The van der Waals surface area contributed by atoms with E-state index >= 15 is 0 Å². The van der Waals surface area contributed by atoms with E-state index in [-0.39, 0.29) is 46.8 Å². The molecule has 7 rings (SSSR count). The lowest BCUT2D eigenvalue weighted by Crippen LogP contribution is -2.40. The highest BCUT2D eigenvalue weighted by atomic mass is 79.9. The molecule has 0 aromatic heterocycles. The maximum absolute atomic E-state index is 13.3. The number of amides is 2. The summed E-state index contributed by atoms with van der Waals surface area (Å²) in [5.74, 6) is -0.593. The Morgan fingerprint density at radius 3 is 2.18 bits per heavy atom. The third-order valence-corrected chi connectivity index (χ3v) is 8.03. The molecule has 1 heterocycles. The van der Waals surface area contributed by atoms with E-state index in [0.717, 1.165) is 10.9 Å². The van der Waals surface area contributed by atoms with E-state index in [0.29, 0.717) is 23.1 Å². The molecule has 33 heavy (non-hydrogen) atoms. The predicted molar refractivity (Wildman–Crippen MR) is 122 cm³/mol. The summed E-state index contributed by atoms with van der Waals surface area (Å²) in [5, 5.41) is 0. The van der Waals surface area contributed by atoms with Gasteiger partial charge < -0.3 is 4.74 Å². The molecule has 5 aliphatic rings. The summed E-state index contributed by atoms with van der Waals surface area (Å²) in [6, 6.07) is 13.1. The van der Waals surface area contributed by atoms with Crippen LogP contribution in [0.2, 0.25) is 0 Å². The Balaban J connectivity index is 1.18. The van der Waals surface area contributed by atoms with Gasteiger partial charge in [-0.25, -0.2) is 9.69 Å². The van der Waals surface area contributed by atoms with Crippen LogP contribution in [0.5, 0.6) is 0 Å². The third kappa shape index (κ3) is 3.21. The largest absolute Gasteiger partial charge is 0.454 e. The van der Waals surface area contributed by atoms with Gasteiger partial charge in [-0.05, 0) is 60.4 Å². The smallest absolute Gasteiger partial charge is 0.338 e. The van der Waals surface area contributed by atoms with Crippen LogP contribution in [0, 0.1) is 35.5 Å². The number of Topliss-reactive ketones (excluding diaryl/α,β-unsaturated/α-hetero) is 1. The van der Waals surface area contributed by atoms with Gasteiger partial charge in [0.2, 0.25) is 11.8 Å². The Morgan fingerprint density at radius 2 is 1.55 bits per heavy atom. The van der Waals surface area contributed by atoms with E-state index in [1.807, 2.05) is 0 Å². The van der Waals surface area contributed by atoms with Crippen LogP contribution >= 0.6 is 15.9 Å². The number of rotatable bonds is 5. The number of anilines is 1. The number of halogens is 1. The van der Waals surface area contributed by atoms with Crippen molar-refractivity contribution in [1.82, 2.24) is 0 Å². The second-order valence-electron chi connectivity index (χ2n) is 9.22. The molecule has 2 aromatic carbocycles. The summed E-state index contributed by atoms with van der Waals surface area (Å²) in [6.45, 7) is -0.395. The molecule has 0 radical (unpaired) electrons. The number of carbonyl (C=O) groups excluding carboxylic acids is 4. The highest BCUT2D eigenvalue weighted by molar-refractivity contribution is 9.10. The van der Waals surface area contributed by atoms with E-state index in [9.17, 15) is 19.2 Å². The molecular formula is C26H20BrNO5. The molecule has 0 spiro atoms. The number of esters is 1. The van der Waals surface area contributed by atoms with Gasteiger partial charge in [0.05, 0.1) is 23.1 Å². The number of hydrogen-bond donors (Lipinski definition) is 0. The van der Waals surface area contributed by atoms with E-state index in [1.54, 1.807) is 42.5 Å². The number of ether oxygens (including phenoxy) is 1. The molecule has 2 saturated carbocycles. The van der Waals surface area contributed by atoms with E-state index in [4.69, 9.17) is 4.74 Å². The lowest BCUT2D eigenvalue weighted by molar-refractivity contribution is -0.124. The monoisotopic (exact) mass is 505 g/mol. The molecule has 1 aliphatic heterocycles. The highest BCUT2D eigenvalue weighted by Gasteiger charge is 2.67. The van der Waals surface area contributed by atoms with Gasteiger partial charge in [0, 0.05) is 10.0 Å². The molecule has 2 bridgehead atoms. The minimum absolute atomic E-state index is 0.143. The fourth-order valence-electron chi connectivity index (χ4n) is 5.92. The minimum atomic E-state index is -0.679. The first-order valence-corrected chi connectivity index (χ1v) is 11.9. The lowest BCUT2D eigenvalue weighted by Gasteiger charge is -2.37. The molecular weight excluding hydrogens is 486 g/mol. The molecule has 3 fully saturated rings. The average Bonchev–Trinajstić information content (AvgIpc) is 3.61. The Hall–Kier alpha value is -3.06. The number of nitrogens with zero attached hydrogens (tertiary/aromatic N) is 1. The van der Waals surface area contributed by atoms with Gasteiger partial charge in [-0.15, -0.1) is 0 Å². The summed E-state index contributed by atoms with van der Waals surface area (Å²) in [4.78, 5) is 52.7. The number of ketones is 1. The van der Waals surface area contributed by atoms with Gasteiger partial charge in [0.15, 0.2) is 12.4 Å². The Labute approximate surface area is 198 Å². The first kappa shape index (κ1) is 20.5. The minimum Gasteiger partial charge on any atom is -0.454 e. The van der Waals surface area contributed by atoms with Crippen molar-refractivity contribution < 1.29 is 23.9 Å². The Kier molecular flexibility index (Phi) is 4.66. The fourth-order valence-corrected chi connectivity index (χ4v) is 6.18. The summed E-state index contributed by atoms with van der Waals surface area (Å²) in [5.41, 5.74) is 1.01. The molecule has 0 N–H and O–H groups in total. The van der Waals surface area contributed by atoms with Gasteiger partial charge in [0.1, 0.15) is 0 Å². The van der Waals surface area contributed by atoms with Crippen LogP contribution in [-0.2, 0) is 14.3 Å². The van der Waals surface area contributed by atoms with Crippen LogP contribution in [0.15, 0.2) is 65.2 Å². The van der Waals surface area contributed by atoms with Crippen molar-refractivity contribution in [3.05, 3.63) is 76.3 Å². The third-order valence-electron chi connectivity index (χ3n) is 7.50. The van der Waals surface area contributed by atoms with Crippen molar-refractivity contribution in [2.75, 3.05) is 11.5 Å². The van der Waals surface area contributed by atoms with Crippen LogP contribution in [0.3, 0.4) is 0 Å². The summed E-state index contributed by atoms with van der Waals surface area (Å²) < 4.78 is 6.05. The predicted octanol–water partition coefficient (Wildman–Crippen LogP) is 4.05. The number of carbonyl (C=O) groups is 4. The number of imide groups is 1. The average molecular weight is 506 g/mol. The molecule has 4 aliphatic carbocycles. The van der Waals surface area contributed by atoms with Crippen molar-refractivity contribution in [2.45, 2.75) is 6.42 Å². The van der Waals surface area contributed by atoms with E-state index in [1.165, 1.54) is 11.0 Å². The molecule has 166 valence electrons. The van der Waals surface area contributed by atoms with E-state index < -0.39 is 12.6 Å². The van der Waals surface area contributed by atoms with Crippen molar-refractivity contribution in [3.63, 3.8) is 0 Å². The zero-order valence-electron chi connectivity index (χ0n) is 17.5. The molecule has 2 amide bonds. The second kappa shape index (κ2) is 7.48. The van der Waals surface area contributed by atoms with Crippen LogP contribution in [0.4, 0.5) is 5.69 Å². The normalized spacial score (nSPS) is 30.8. The SMILES string of the molecule is O=C(COC(=O)c1cccc(N2C(=O)[C@@H]3[C@H]4C=C[C@@H]([C@@H]5C[C@@H]45)[C@@H]3C2=O)c1)c1ccc(Br)cc1. The van der Waals surface area contributed by atoms with Crippen molar-refractivity contribution >= 4 is 45.2 Å². The zero-order valence-corrected chi connectivity index (χ0v) is 19.1. The quantitative estimate of drug-likeness (QED) is 0.265. The van der Waals surface area contributed by atoms with Gasteiger partial charge in [-0.1, -0.05) is 46.3 Å². The topological polar surface area (TPSA) is 80.8 Å². The standard InChI is InChI=1S/C26H20BrNO5/c27-15-6-4-13(5-7-15)21(29)12-33-26(32)14-2-1-3-16(10-14)28-24(30)22-17-8-9-18(20-11-19(17)20)23(22)25(28)31/h1-10,17-20,22-23H,11-12H2/t17-,18-,19-,20-,22-,23+/m0/s1. The second-order valence-corrected chi connectivity index (χ2v) is 10.1. The maximum Gasteiger partial charge on any atom is 0.338 e. The lowest BCUT2D eigenvalue weighted by atomic mass is 9.63. The maximum atomic E-state index is 13.3. The summed E-state index contributed by atoms with van der Waals surface area (Å²) in [7, 11) is 0. The van der Waals surface area contributed by atoms with Crippen molar-refractivity contribution in [2.24, 2.45) is 35.5 Å². The molecule has 2 aromatic rings. The van der Waals surface area contributed by atoms with Gasteiger partial charge >= 0.3 is 5.97 Å². The summed E-state index contributed by atoms with van der Waals surface area (Å²) >= 11 is 3.31. The summed E-state index contributed by atoms with van der Waals surface area (Å²) in [6.07, 6.45) is 5.37. The number of hydrogen-bond acceptors (Lipinski definition) is 5. The highest BCUT2D eigenvalue weighted by Crippen LogP contribution is 2.65. The van der Waals surface area contributed by atoms with Crippen LogP contribution in [0.1, 0.15) is 27.1 Å². The first-order valence-electron chi connectivity index (χ1n) is 11.1. The Morgan fingerprint density at radius 1 is 0.909 bits per heavy atom. The van der Waals surface area contributed by atoms with Crippen LogP contribution in [0.25, 0.3) is 0 Å². The molecule has 0 unspecified atom stereocenters. The van der Waals surface area contributed by atoms with Crippen molar-refractivity contribution in [1.29, 1.82) is 0 Å². The molecule has 1 saturated heterocycles. The van der Waals surface area contributed by atoms with E-state index in [2.05, 4.69) is 28.1 Å². The van der Waals surface area contributed by atoms with Gasteiger partial charge in [-0.3, -0.25) is 14.4 Å². The molecule has 6 atom stereocenters. The van der Waals surface area contributed by atoms with Gasteiger partial charge in [-0.2, -0.15) is 0 Å². The van der Waals surface area contributed by atoms with Gasteiger partial charge in [0.25, 0.3) is 0 Å². The van der Waals surface area contributed by atoms with Crippen molar-refractivity contribution in [3.8, 4) is 0 Å². The molecule has 6 nitrogen and oxygen atoms in total. The number of allylic oxidation sites excluding steroid dienone is 2. The molecule has 7 heteroatoms.